The van der Waals surface area contributed by atoms with Gasteiger partial charge in [0, 0.05) is 13.2 Å². The Balaban J connectivity index is 1.59. The van der Waals surface area contributed by atoms with Gasteiger partial charge in [0.1, 0.15) is 18.9 Å². The number of sulfonamides is 1. The molecule has 156 valence electrons. The van der Waals surface area contributed by atoms with Crippen LogP contribution in [0.5, 0.6) is 5.75 Å². The second-order valence-corrected chi connectivity index (χ2v) is 8.88. The number of benzene rings is 2. The lowest BCUT2D eigenvalue weighted by atomic mass is 10.2. The van der Waals surface area contributed by atoms with Crippen molar-refractivity contribution < 1.29 is 22.7 Å². The summed E-state index contributed by atoms with van der Waals surface area (Å²) in [4.78, 5) is 12.3. The standard InChI is InChI=1S/C21H26N2O5S/c1-29(25,26)23(15-21(24)22-14-20-8-5-13-27-20)18-9-11-19(12-10-18)28-16-17-6-3-2-4-7-17/h2-4,6-7,9-12,20H,5,8,13-16H2,1H3,(H,22,24). The predicted octanol–water partition coefficient (Wildman–Crippen LogP) is 2.33. The van der Waals surface area contributed by atoms with Gasteiger partial charge in [0.05, 0.1) is 18.0 Å². The molecule has 0 saturated carbocycles. The highest BCUT2D eigenvalue weighted by Crippen LogP contribution is 2.22. The summed E-state index contributed by atoms with van der Waals surface area (Å²) in [7, 11) is -3.62. The maximum absolute atomic E-state index is 12.3. The van der Waals surface area contributed by atoms with Gasteiger partial charge in [-0.1, -0.05) is 30.3 Å². The predicted molar refractivity (Wildman–Crippen MR) is 111 cm³/mol. The number of anilines is 1. The maximum Gasteiger partial charge on any atom is 0.240 e. The summed E-state index contributed by atoms with van der Waals surface area (Å²) in [5, 5.41) is 2.75. The van der Waals surface area contributed by atoms with Crippen molar-refractivity contribution >= 4 is 21.6 Å². The minimum atomic E-state index is -3.62. The first kappa shape index (κ1) is 21.1. The molecule has 2 aromatic rings. The number of hydrogen-bond acceptors (Lipinski definition) is 5. The first-order valence-corrected chi connectivity index (χ1v) is 11.4. The molecule has 1 N–H and O–H groups in total. The smallest absolute Gasteiger partial charge is 0.240 e. The van der Waals surface area contributed by atoms with E-state index in [1.807, 2.05) is 30.3 Å². The first-order chi connectivity index (χ1) is 13.9. The second-order valence-electron chi connectivity index (χ2n) is 6.98. The van der Waals surface area contributed by atoms with Gasteiger partial charge in [0.15, 0.2) is 0 Å². The van der Waals surface area contributed by atoms with Crippen molar-refractivity contribution in [2.45, 2.75) is 25.6 Å². The monoisotopic (exact) mass is 418 g/mol. The minimum absolute atomic E-state index is 0.00619. The van der Waals surface area contributed by atoms with Crippen LogP contribution < -0.4 is 14.4 Å². The lowest BCUT2D eigenvalue weighted by molar-refractivity contribution is -0.120. The molecule has 0 aliphatic carbocycles. The number of carbonyl (C=O) groups is 1. The van der Waals surface area contributed by atoms with E-state index >= 15 is 0 Å². The van der Waals surface area contributed by atoms with E-state index in [9.17, 15) is 13.2 Å². The molecule has 0 aromatic heterocycles. The third-order valence-corrected chi connectivity index (χ3v) is 5.75. The highest BCUT2D eigenvalue weighted by atomic mass is 32.2. The molecule has 1 saturated heterocycles. The quantitative estimate of drug-likeness (QED) is 0.676. The average Bonchev–Trinajstić information content (AvgIpc) is 3.23. The zero-order valence-electron chi connectivity index (χ0n) is 16.4. The summed E-state index contributed by atoms with van der Waals surface area (Å²) in [6, 6.07) is 16.4. The van der Waals surface area contributed by atoms with Crippen LogP contribution in [-0.2, 0) is 26.2 Å². The van der Waals surface area contributed by atoms with E-state index in [2.05, 4.69) is 5.32 Å². The average molecular weight is 419 g/mol. The first-order valence-electron chi connectivity index (χ1n) is 9.54. The molecular weight excluding hydrogens is 392 g/mol. The topological polar surface area (TPSA) is 84.9 Å². The van der Waals surface area contributed by atoms with E-state index < -0.39 is 10.0 Å². The molecular formula is C21H26N2O5S. The van der Waals surface area contributed by atoms with E-state index in [0.29, 0.717) is 31.2 Å². The third-order valence-electron chi connectivity index (χ3n) is 4.61. The molecule has 1 aliphatic heterocycles. The fourth-order valence-electron chi connectivity index (χ4n) is 3.07. The number of carbonyl (C=O) groups excluding carboxylic acids is 1. The van der Waals surface area contributed by atoms with Crippen molar-refractivity contribution in [2.75, 3.05) is 30.3 Å². The highest BCUT2D eigenvalue weighted by molar-refractivity contribution is 7.92. The van der Waals surface area contributed by atoms with E-state index in [1.165, 1.54) is 0 Å². The zero-order valence-corrected chi connectivity index (χ0v) is 17.2. The molecule has 3 rings (SSSR count). The Morgan fingerprint density at radius 1 is 1.17 bits per heavy atom. The maximum atomic E-state index is 12.3. The normalized spacial score (nSPS) is 16.4. The zero-order chi connectivity index (χ0) is 20.7. The molecule has 1 aliphatic rings. The Labute approximate surface area is 171 Å². The van der Waals surface area contributed by atoms with E-state index in [1.54, 1.807) is 24.3 Å². The molecule has 2 aromatic carbocycles. The molecule has 8 heteroatoms. The van der Waals surface area contributed by atoms with Gasteiger partial charge in [-0.3, -0.25) is 9.10 Å². The van der Waals surface area contributed by atoms with Gasteiger partial charge in [0.2, 0.25) is 15.9 Å². The summed E-state index contributed by atoms with van der Waals surface area (Å²) in [6.45, 7) is 1.23. The minimum Gasteiger partial charge on any atom is -0.489 e. The summed E-state index contributed by atoms with van der Waals surface area (Å²) in [6.07, 6.45) is 2.97. The molecule has 1 heterocycles. The van der Waals surface area contributed by atoms with Crippen LogP contribution >= 0.6 is 0 Å². The van der Waals surface area contributed by atoms with Crippen LogP contribution in [0, 0.1) is 0 Å². The number of rotatable bonds is 9. The van der Waals surface area contributed by atoms with Crippen LogP contribution in [0.1, 0.15) is 18.4 Å². The fraction of sp³-hybridized carbons (Fsp3) is 0.381. The van der Waals surface area contributed by atoms with Crippen molar-refractivity contribution in [2.24, 2.45) is 0 Å². The molecule has 7 nitrogen and oxygen atoms in total. The fourth-order valence-corrected chi connectivity index (χ4v) is 3.93. The summed E-state index contributed by atoms with van der Waals surface area (Å²) < 4.78 is 36.7. The second kappa shape index (κ2) is 9.76. The van der Waals surface area contributed by atoms with Crippen LogP contribution in [-0.4, -0.2) is 46.4 Å². The van der Waals surface area contributed by atoms with E-state index in [-0.39, 0.29) is 18.6 Å². The van der Waals surface area contributed by atoms with Crippen molar-refractivity contribution in [1.82, 2.24) is 5.32 Å². The Kier molecular flexibility index (Phi) is 7.11. The molecule has 1 unspecified atom stereocenters. The van der Waals surface area contributed by atoms with Gasteiger partial charge < -0.3 is 14.8 Å². The Morgan fingerprint density at radius 2 is 1.90 bits per heavy atom. The van der Waals surface area contributed by atoms with Gasteiger partial charge in [-0.2, -0.15) is 0 Å². The lowest BCUT2D eigenvalue weighted by Gasteiger charge is -2.22. The van der Waals surface area contributed by atoms with Crippen LogP contribution in [0.15, 0.2) is 54.6 Å². The van der Waals surface area contributed by atoms with E-state index in [0.717, 1.165) is 29.0 Å². The van der Waals surface area contributed by atoms with Gasteiger partial charge in [0.25, 0.3) is 0 Å². The number of nitrogens with one attached hydrogen (secondary N) is 1. The Hall–Kier alpha value is -2.58. The highest BCUT2D eigenvalue weighted by Gasteiger charge is 2.22. The largest absolute Gasteiger partial charge is 0.489 e. The molecule has 1 amide bonds. The third kappa shape index (κ3) is 6.47. The van der Waals surface area contributed by atoms with Crippen molar-refractivity contribution in [3.63, 3.8) is 0 Å². The van der Waals surface area contributed by atoms with Gasteiger partial charge in [-0.05, 0) is 42.7 Å². The lowest BCUT2D eigenvalue weighted by Crippen LogP contribution is -2.42. The van der Waals surface area contributed by atoms with Crippen LogP contribution in [0.4, 0.5) is 5.69 Å². The van der Waals surface area contributed by atoms with Crippen molar-refractivity contribution in [3.8, 4) is 5.75 Å². The molecule has 0 radical (unpaired) electrons. The number of ether oxygens (including phenoxy) is 2. The molecule has 29 heavy (non-hydrogen) atoms. The van der Waals surface area contributed by atoms with Gasteiger partial charge in [-0.25, -0.2) is 8.42 Å². The van der Waals surface area contributed by atoms with Crippen LogP contribution in [0.3, 0.4) is 0 Å². The van der Waals surface area contributed by atoms with Gasteiger partial charge >= 0.3 is 0 Å². The number of nitrogens with zero attached hydrogens (tertiary/aromatic N) is 1. The van der Waals surface area contributed by atoms with Gasteiger partial charge in [-0.15, -0.1) is 0 Å². The Bertz CT molecular complexity index is 894. The Morgan fingerprint density at radius 3 is 2.52 bits per heavy atom. The molecule has 0 spiro atoms. The summed E-state index contributed by atoms with van der Waals surface area (Å²) in [5.41, 5.74) is 1.45. The van der Waals surface area contributed by atoms with Crippen LogP contribution in [0.2, 0.25) is 0 Å². The summed E-state index contributed by atoms with van der Waals surface area (Å²) in [5.74, 6) is 0.254. The number of amides is 1. The SMILES string of the molecule is CS(=O)(=O)N(CC(=O)NCC1CCCO1)c1ccc(OCc2ccccc2)cc1. The van der Waals surface area contributed by atoms with E-state index in [4.69, 9.17) is 9.47 Å². The van der Waals surface area contributed by atoms with Crippen molar-refractivity contribution in [3.05, 3.63) is 60.2 Å². The summed E-state index contributed by atoms with van der Waals surface area (Å²) >= 11 is 0. The molecule has 0 bridgehead atoms. The number of hydrogen-bond donors (Lipinski definition) is 1. The molecule has 1 fully saturated rings. The van der Waals surface area contributed by atoms with Crippen molar-refractivity contribution in [1.29, 1.82) is 0 Å². The molecule has 1 atom stereocenters. The van der Waals surface area contributed by atoms with Crippen LogP contribution in [0.25, 0.3) is 0 Å².